The second-order valence-electron chi connectivity index (χ2n) is 4.07. The maximum atomic E-state index is 13.0. The summed E-state index contributed by atoms with van der Waals surface area (Å²) in [7, 11) is 0. The van der Waals surface area contributed by atoms with Gasteiger partial charge in [0.25, 0.3) is 0 Å². The van der Waals surface area contributed by atoms with Crippen LogP contribution in [0.1, 0.15) is 12.8 Å². The van der Waals surface area contributed by atoms with Gasteiger partial charge < -0.3 is 10.2 Å². The van der Waals surface area contributed by atoms with Gasteiger partial charge in [0.1, 0.15) is 5.82 Å². The molecule has 0 bridgehead atoms. The zero-order valence-electron chi connectivity index (χ0n) is 9.38. The van der Waals surface area contributed by atoms with E-state index in [0.29, 0.717) is 5.69 Å². The topological polar surface area (TPSA) is 32.3 Å². The summed E-state index contributed by atoms with van der Waals surface area (Å²) in [5.74, 6) is -0.247. The van der Waals surface area contributed by atoms with Crippen LogP contribution in [0.3, 0.4) is 0 Å². The third-order valence-electron chi connectivity index (χ3n) is 2.82. The van der Waals surface area contributed by atoms with Crippen molar-refractivity contribution >= 4 is 27.5 Å². The van der Waals surface area contributed by atoms with Gasteiger partial charge in [0, 0.05) is 17.6 Å². The lowest BCUT2D eigenvalue weighted by molar-refractivity contribution is -0.128. The highest BCUT2D eigenvalue weighted by atomic mass is 79.9. The van der Waals surface area contributed by atoms with Gasteiger partial charge in [0.15, 0.2) is 0 Å². The highest BCUT2D eigenvalue weighted by molar-refractivity contribution is 9.10. The molecule has 2 rings (SSSR count). The number of hydrogen-bond acceptors (Lipinski definition) is 2. The Morgan fingerprint density at radius 2 is 2.12 bits per heavy atom. The minimum absolute atomic E-state index is 0.0682. The summed E-state index contributed by atoms with van der Waals surface area (Å²) in [5, 5.41) is 2.95. The highest BCUT2D eigenvalue weighted by Crippen LogP contribution is 2.22. The number of carbonyl (C=O) groups is 1. The first-order valence-corrected chi connectivity index (χ1v) is 6.43. The summed E-state index contributed by atoms with van der Waals surface area (Å²) in [4.78, 5) is 13.6. The minimum Gasteiger partial charge on any atom is -0.375 e. The Labute approximate surface area is 108 Å². The van der Waals surface area contributed by atoms with Crippen molar-refractivity contribution in [2.24, 2.45) is 0 Å². The molecular formula is C12H14BrFN2O. The molecule has 17 heavy (non-hydrogen) atoms. The molecule has 0 saturated carbocycles. The van der Waals surface area contributed by atoms with Crippen molar-refractivity contribution in [1.82, 2.24) is 4.90 Å². The lowest BCUT2D eigenvalue weighted by Gasteiger charge is -2.16. The van der Waals surface area contributed by atoms with E-state index in [-0.39, 0.29) is 18.3 Å². The van der Waals surface area contributed by atoms with Crippen molar-refractivity contribution in [3.8, 4) is 0 Å². The molecule has 1 amide bonds. The molecular weight excluding hydrogens is 287 g/mol. The summed E-state index contributed by atoms with van der Waals surface area (Å²) in [6, 6.07) is 4.37. The molecule has 1 aromatic carbocycles. The molecule has 0 aromatic heterocycles. The fraction of sp³-hybridized carbons (Fsp3) is 0.417. The number of hydrogen-bond donors (Lipinski definition) is 1. The first-order chi connectivity index (χ1) is 8.16. The van der Waals surface area contributed by atoms with E-state index in [1.165, 1.54) is 12.1 Å². The van der Waals surface area contributed by atoms with Crippen molar-refractivity contribution in [3.63, 3.8) is 0 Å². The molecule has 1 heterocycles. The molecule has 1 aliphatic rings. The number of likely N-dealkylation sites (tertiary alicyclic amines) is 1. The van der Waals surface area contributed by atoms with Crippen LogP contribution < -0.4 is 5.32 Å². The van der Waals surface area contributed by atoms with Crippen molar-refractivity contribution < 1.29 is 9.18 Å². The van der Waals surface area contributed by atoms with E-state index in [4.69, 9.17) is 0 Å². The summed E-state index contributed by atoms with van der Waals surface area (Å²) in [5.41, 5.74) is 0.609. The van der Waals surface area contributed by atoms with Gasteiger partial charge in [0.2, 0.25) is 5.91 Å². The molecule has 1 aromatic rings. The smallest absolute Gasteiger partial charge is 0.241 e. The third kappa shape index (κ3) is 3.19. The predicted octanol–water partition coefficient (Wildman–Crippen LogP) is 2.62. The number of nitrogens with zero attached hydrogens (tertiary/aromatic N) is 1. The molecule has 0 spiro atoms. The van der Waals surface area contributed by atoms with Crippen molar-refractivity contribution in [3.05, 3.63) is 28.5 Å². The molecule has 5 heteroatoms. The van der Waals surface area contributed by atoms with Crippen molar-refractivity contribution in [2.45, 2.75) is 12.8 Å². The van der Waals surface area contributed by atoms with Crippen LogP contribution in [0.5, 0.6) is 0 Å². The first-order valence-electron chi connectivity index (χ1n) is 5.63. The van der Waals surface area contributed by atoms with Crippen LogP contribution >= 0.6 is 15.9 Å². The lowest BCUT2D eigenvalue weighted by Crippen LogP contribution is -2.33. The zero-order valence-corrected chi connectivity index (χ0v) is 11.0. The SMILES string of the molecule is O=C(CNc1cc(F)ccc1Br)N1CCCC1. The fourth-order valence-electron chi connectivity index (χ4n) is 1.88. The van der Waals surface area contributed by atoms with E-state index in [9.17, 15) is 9.18 Å². The minimum atomic E-state index is -0.315. The number of benzene rings is 1. The predicted molar refractivity (Wildman–Crippen MR) is 68.4 cm³/mol. The van der Waals surface area contributed by atoms with Gasteiger partial charge in [-0.05, 0) is 47.0 Å². The van der Waals surface area contributed by atoms with Gasteiger partial charge in [-0.1, -0.05) is 0 Å². The summed E-state index contributed by atoms with van der Waals surface area (Å²) in [6.45, 7) is 1.89. The van der Waals surface area contributed by atoms with Gasteiger partial charge >= 0.3 is 0 Å². The van der Waals surface area contributed by atoms with Crippen LogP contribution in [0.15, 0.2) is 22.7 Å². The maximum Gasteiger partial charge on any atom is 0.241 e. The van der Waals surface area contributed by atoms with Gasteiger partial charge in [-0.2, -0.15) is 0 Å². The maximum absolute atomic E-state index is 13.0. The summed E-state index contributed by atoms with van der Waals surface area (Å²) >= 11 is 3.31. The first kappa shape index (κ1) is 12.4. The molecule has 0 unspecified atom stereocenters. The molecule has 1 aliphatic heterocycles. The number of carbonyl (C=O) groups excluding carboxylic acids is 1. The average Bonchev–Trinajstić information content (AvgIpc) is 2.83. The quantitative estimate of drug-likeness (QED) is 0.931. The number of nitrogens with one attached hydrogen (secondary N) is 1. The monoisotopic (exact) mass is 300 g/mol. The Morgan fingerprint density at radius 3 is 2.82 bits per heavy atom. The molecule has 0 aliphatic carbocycles. The van der Waals surface area contributed by atoms with Gasteiger partial charge in [0.05, 0.1) is 12.2 Å². The van der Waals surface area contributed by atoms with Crippen LogP contribution in [-0.2, 0) is 4.79 Å². The molecule has 1 fully saturated rings. The van der Waals surface area contributed by atoms with Crippen LogP contribution in [0.4, 0.5) is 10.1 Å². The zero-order chi connectivity index (χ0) is 12.3. The number of rotatable bonds is 3. The summed E-state index contributed by atoms with van der Waals surface area (Å²) < 4.78 is 13.8. The standard InChI is InChI=1S/C12H14BrFN2O/c13-10-4-3-9(14)7-11(10)15-8-12(17)16-5-1-2-6-16/h3-4,7,15H,1-2,5-6,8H2. The van der Waals surface area contributed by atoms with E-state index in [1.54, 1.807) is 6.07 Å². The highest BCUT2D eigenvalue weighted by Gasteiger charge is 2.17. The van der Waals surface area contributed by atoms with Crippen LogP contribution in [0.25, 0.3) is 0 Å². The largest absolute Gasteiger partial charge is 0.375 e. The Balaban J connectivity index is 1.92. The van der Waals surface area contributed by atoms with E-state index in [1.807, 2.05) is 4.90 Å². The number of anilines is 1. The van der Waals surface area contributed by atoms with Gasteiger partial charge in [-0.3, -0.25) is 4.79 Å². The number of halogens is 2. The molecule has 1 N–H and O–H groups in total. The Morgan fingerprint density at radius 1 is 1.41 bits per heavy atom. The van der Waals surface area contributed by atoms with Crippen LogP contribution in [-0.4, -0.2) is 30.4 Å². The van der Waals surface area contributed by atoms with E-state index < -0.39 is 0 Å². The summed E-state index contributed by atoms with van der Waals surface area (Å²) in [6.07, 6.45) is 2.16. The van der Waals surface area contributed by atoms with Crippen molar-refractivity contribution in [1.29, 1.82) is 0 Å². The van der Waals surface area contributed by atoms with Crippen LogP contribution in [0, 0.1) is 5.82 Å². The van der Waals surface area contributed by atoms with Gasteiger partial charge in [-0.15, -0.1) is 0 Å². The average molecular weight is 301 g/mol. The Kier molecular flexibility index (Phi) is 3.99. The molecule has 0 atom stereocenters. The van der Waals surface area contributed by atoms with E-state index >= 15 is 0 Å². The molecule has 3 nitrogen and oxygen atoms in total. The second kappa shape index (κ2) is 5.49. The molecule has 1 saturated heterocycles. The Bertz CT molecular complexity index is 419. The third-order valence-corrected chi connectivity index (χ3v) is 3.51. The van der Waals surface area contributed by atoms with Crippen LogP contribution in [0.2, 0.25) is 0 Å². The lowest BCUT2D eigenvalue weighted by atomic mass is 10.3. The molecule has 92 valence electrons. The van der Waals surface area contributed by atoms with E-state index in [0.717, 1.165) is 30.4 Å². The van der Waals surface area contributed by atoms with Gasteiger partial charge in [-0.25, -0.2) is 4.39 Å². The Hall–Kier alpha value is -1.10. The number of amides is 1. The van der Waals surface area contributed by atoms with E-state index in [2.05, 4.69) is 21.2 Å². The normalized spacial score (nSPS) is 15.1. The van der Waals surface area contributed by atoms with Crippen molar-refractivity contribution in [2.75, 3.05) is 25.0 Å². The second-order valence-corrected chi connectivity index (χ2v) is 4.92. The molecule has 0 radical (unpaired) electrons. The fourth-order valence-corrected chi connectivity index (χ4v) is 2.27.